The van der Waals surface area contributed by atoms with Crippen molar-refractivity contribution in [2.75, 3.05) is 9.80 Å². The van der Waals surface area contributed by atoms with Crippen LogP contribution in [0.1, 0.15) is 28.7 Å². The molecule has 12 rings (SSSR count). The molecule has 4 nitrogen and oxygen atoms in total. The maximum atomic E-state index is 5.15. The Morgan fingerprint density at radius 2 is 0.719 bits per heavy atom. The van der Waals surface area contributed by atoms with Gasteiger partial charge in [-0.15, -0.1) is 0 Å². The highest BCUT2D eigenvalue weighted by molar-refractivity contribution is 5.91. The van der Waals surface area contributed by atoms with Gasteiger partial charge in [-0.25, -0.2) is 9.97 Å². The Kier molecular flexibility index (Phi) is 9.27. The van der Waals surface area contributed by atoms with E-state index in [1.165, 1.54) is 56.0 Å². The van der Waals surface area contributed by atoms with E-state index in [0.717, 1.165) is 39.5 Å². The molecule has 0 aliphatic carbocycles. The van der Waals surface area contributed by atoms with Crippen molar-refractivity contribution in [3.8, 4) is 56.2 Å². The Labute approximate surface area is 374 Å². The summed E-state index contributed by atoms with van der Waals surface area (Å²) in [4.78, 5) is 15.3. The number of aromatic nitrogens is 2. The van der Waals surface area contributed by atoms with E-state index in [9.17, 15) is 0 Å². The predicted molar refractivity (Wildman–Crippen MR) is 264 cm³/mol. The molecule has 0 N–H and O–H groups in total. The third-order valence-electron chi connectivity index (χ3n) is 12.8. The summed E-state index contributed by atoms with van der Waals surface area (Å²) in [5.41, 5.74) is 19.3. The minimum atomic E-state index is -0.0232. The van der Waals surface area contributed by atoms with E-state index in [2.05, 4.69) is 228 Å². The largest absolute Gasteiger partial charge is 0.333 e. The number of hydrogen-bond donors (Lipinski definition) is 0. The van der Waals surface area contributed by atoms with E-state index in [1.54, 1.807) is 0 Å². The van der Waals surface area contributed by atoms with E-state index in [-0.39, 0.29) is 12.0 Å². The van der Waals surface area contributed by atoms with Crippen LogP contribution in [-0.4, -0.2) is 9.97 Å². The molecule has 2 aliphatic rings. The molecule has 0 saturated carbocycles. The smallest absolute Gasteiger partial charge is 0.160 e. The lowest BCUT2D eigenvalue weighted by Crippen LogP contribution is -2.22. The molecule has 302 valence electrons. The van der Waals surface area contributed by atoms with Crippen molar-refractivity contribution in [3.63, 3.8) is 0 Å². The molecule has 2 atom stereocenters. The molecule has 9 aromatic carbocycles. The van der Waals surface area contributed by atoms with Gasteiger partial charge >= 0.3 is 0 Å². The number of nitrogens with zero attached hydrogens (tertiary/aromatic N) is 4. The monoisotopic (exact) mass is 818 g/mol. The lowest BCUT2D eigenvalue weighted by Gasteiger charge is -2.32. The number of hydrogen-bond acceptors (Lipinski definition) is 4. The first-order valence-electron chi connectivity index (χ1n) is 22.0. The van der Waals surface area contributed by atoms with E-state index in [1.807, 2.05) is 24.3 Å². The summed E-state index contributed by atoms with van der Waals surface area (Å²) in [5.74, 6) is 0.772. The molecule has 0 fully saturated rings. The first kappa shape index (κ1) is 37.4. The minimum absolute atomic E-state index is 0.0232. The van der Waals surface area contributed by atoms with E-state index < -0.39 is 0 Å². The van der Waals surface area contributed by atoms with Gasteiger partial charge in [-0.3, -0.25) is 0 Å². The second kappa shape index (κ2) is 15.8. The molecule has 2 aliphatic heterocycles. The molecule has 2 unspecified atom stereocenters. The zero-order chi connectivity index (χ0) is 42.4. The summed E-state index contributed by atoms with van der Waals surface area (Å²) in [7, 11) is 0. The van der Waals surface area contributed by atoms with Crippen LogP contribution in [0.15, 0.2) is 243 Å². The highest BCUT2D eigenvalue weighted by Gasteiger charge is 2.45. The topological polar surface area (TPSA) is 32.3 Å². The summed E-state index contributed by atoms with van der Waals surface area (Å²) < 4.78 is 0. The third kappa shape index (κ3) is 6.56. The number of rotatable bonds is 7. The van der Waals surface area contributed by atoms with Crippen LogP contribution in [0.3, 0.4) is 0 Å². The SMILES string of the molecule is c1ccc(-c2cc(-c3ccccc3)cc(N3c4ccccc4C4c5ccccc5N(c5ccc(-c6cc(-c7ccccc7)nc(-c7ccccc7)n6)cc5)C4c4ccccc43)c2)cc1. The summed E-state index contributed by atoms with van der Waals surface area (Å²) in [6.45, 7) is 0. The van der Waals surface area contributed by atoms with Gasteiger partial charge in [0.15, 0.2) is 5.82 Å². The van der Waals surface area contributed by atoms with Crippen LogP contribution in [0.5, 0.6) is 0 Å². The molecule has 4 heteroatoms. The Hall–Kier alpha value is -8.34. The van der Waals surface area contributed by atoms with Crippen molar-refractivity contribution < 1.29 is 0 Å². The molecule has 3 heterocycles. The number of para-hydroxylation sites is 3. The fraction of sp³-hybridized carbons (Fsp3) is 0.0333. The van der Waals surface area contributed by atoms with Gasteiger partial charge in [-0.1, -0.05) is 188 Å². The molecule has 1 aromatic heterocycles. The van der Waals surface area contributed by atoms with Crippen molar-refractivity contribution in [1.29, 1.82) is 0 Å². The molecular formula is C60H42N4. The van der Waals surface area contributed by atoms with Crippen molar-refractivity contribution in [3.05, 3.63) is 259 Å². The van der Waals surface area contributed by atoms with Gasteiger partial charge in [0.25, 0.3) is 0 Å². The Balaban J connectivity index is 1.02. The number of fused-ring (bicyclic) bond motifs is 7. The summed E-state index contributed by atoms with van der Waals surface area (Å²) >= 11 is 0. The maximum absolute atomic E-state index is 5.15. The fourth-order valence-corrected chi connectivity index (χ4v) is 9.89. The van der Waals surface area contributed by atoms with Crippen LogP contribution in [0.25, 0.3) is 56.2 Å². The average Bonchev–Trinajstić information content (AvgIpc) is 3.66. The Morgan fingerprint density at radius 3 is 1.28 bits per heavy atom. The maximum Gasteiger partial charge on any atom is 0.160 e. The molecule has 0 amide bonds. The predicted octanol–water partition coefficient (Wildman–Crippen LogP) is 15.6. The molecule has 0 spiro atoms. The lowest BCUT2D eigenvalue weighted by atomic mass is 9.84. The van der Waals surface area contributed by atoms with Gasteiger partial charge in [0.2, 0.25) is 0 Å². The standard InChI is InChI=1S/C60H42N4/c1-5-19-41(20-6-1)46-37-47(42-21-7-2-8-22-42)39-49(38-46)63-55-30-16-13-27-50(55)58-51-28-14-17-31-56(51)64(59(58)52-29-15-18-32-57(52)63)48-35-33-44(34-36-48)54-40-53(43-23-9-3-10-24-43)61-60(62-54)45-25-11-4-12-26-45/h1-40,58-59H. The van der Waals surface area contributed by atoms with Crippen LogP contribution < -0.4 is 9.80 Å². The van der Waals surface area contributed by atoms with Crippen LogP contribution in [0.2, 0.25) is 0 Å². The van der Waals surface area contributed by atoms with E-state index in [0.29, 0.717) is 5.82 Å². The molecule has 10 aromatic rings. The van der Waals surface area contributed by atoms with E-state index >= 15 is 0 Å². The summed E-state index contributed by atoms with van der Waals surface area (Å²) in [5, 5.41) is 0. The van der Waals surface area contributed by atoms with Crippen LogP contribution >= 0.6 is 0 Å². The highest BCUT2D eigenvalue weighted by Crippen LogP contribution is 2.61. The summed E-state index contributed by atoms with van der Waals surface area (Å²) in [6.07, 6.45) is 0. The zero-order valence-electron chi connectivity index (χ0n) is 35.0. The molecule has 0 saturated heterocycles. The lowest BCUT2D eigenvalue weighted by molar-refractivity contribution is 0.665. The van der Waals surface area contributed by atoms with Gasteiger partial charge in [0.05, 0.1) is 28.8 Å². The third-order valence-corrected chi connectivity index (χ3v) is 12.8. The number of benzene rings is 9. The van der Waals surface area contributed by atoms with Crippen LogP contribution in [0, 0.1) is 0 Å². The fourth-order valence-electron chi connectivity index (χ4n) is 9.89. The molecule has 0 bridgehead atoms. The van der Waals surface area contributed by atoms with Gasteiger partial charge < -0.3 is 9.80 Å². The van der Waals surface area contributed by atoms with Gasteiger partial charge in [0.1, 0.15) is 0 Å². The minimum Gasteiger partial charge on any atom is -0.333 e. The van der Waals surface area contributed by atoms with Gasteiger partial charge in [-0.2, -0.15) is 0 Å². The average molecular weight is 819 g/mol. The molecule has 64 heavy (non-hydrogen) atoms. The quantitative estimate of drug-likeness (QED) is 0.160. The Bertz CT molecular complexity index is 3160. The van der Waals surface area contributed by atoms with Crippen molar-refractivity contribution >= 4 is 28.4 Å². The van der Waals surface area contributed by atoms with Crippen molar-refractivity contribution in [2.24, 2.45) is 0 Å². The van der Waals surface area contributed by atoms with Crippen molar-refractivity contribution in [2.45, 2.75) is 12.0 Å². The van der Waals surface area contributed by atoms with Crippen LogP contribution in [-0.2, 0) is 0 Å². The normalized spacial score (nSPS) is 14.8. The Morgan fingerprint density at radius 1 is 0.297 bits per heavy atom. The zero-order valence-corrected chi connectivity index (χ0v) is 35.0. The second-order valence-electron chi connectivity index (χ2n) is 16.5. The highest BCUT2D eigenvalue weighted by atomic mass is 15.2. The van der Waals surface area contributed by atoms with Crippen LogP contribution in [0.4, 0.5) is 28.4 Å². The van der Waals surface area contributed by atoms with E-state index in [4.69, 9.17) is 9.97 Å². The molecule has 0 radical (unpaired) electrons. The first-order valence-corrected chi connectivity index (χ1v) is 22.0. The molecular weight excluding hydrogens is 777 g/mol. The second-order valence-corrected chi connectivity index (χ2v) is 16.5. The van der Waals surface area contributed by atoms with Crippen molar-refractivity contribution in [1.82, 2.24) is 9.97 Å². The first-order chi connectivity index (χ1) is 31.7. The summed E-state index contributed by atoms with van der Waals surface area (Å²) in [6, 6.07) is 87.3. The van der Waals surface area contributed by atoms with Gasteiger partial charge in [0, 0.05) is 39.7 Å². The number of anilines is 5. The van der Waals surface area contributed by atoms with Gasteiger partial charge in [-0.05, 0) is 93.5 Å².